The van der Waals surface area contributed by atoms with Crippen molar-refractivity contribution in [2.45, 2.75) is 13.5 Å². The second kappa shape index (κ2) is 10.3. The quantitative estimate of drug-likeness (QED) is 0.738. The number of benzene rings is 2. The number of hydrazone groups is 1. The second-order valence-electron chi connectivity index (χ2n) is 8.67. The first-order valence-electron chi connectivity index (χ1n) is 11.5. The Bertz CT molecular complexity index is 1100. The van der Waals surface area contributed by atoms with Crippen LogP contribution in [0.5, 0.6) is 11.5 Å². The van der Waals surface area contributed by atoms with Crippen LogP contribution in [-0.2, 0) is 6.54 Å². The number of hydrogen-bond acceptors (Lipinski definition) is 6. The minimum atomic E-state index is -0.301. The molecule has 2 heterocycles. The van der Waals surface area contributed by atoms with E-state index in [2.05, 4.69) is 46.4 Å². The average molecular weight is 464 g/mol. The maximum Gasteiger partial charge on any atom is 0.342 e. The SMILES string of the molecule is CNC(=O)N1N=C(c2ccc(CN3CCN(C)CC3)cc2)c2cc(OC)c(OC)cc2C=C1C. The molecule has 2 aliphatic rings. The summed E-state index contributed by atoms with van der Waals surface area (Å²) >= 11 is 0. The Morgan fingerprint density at radius 3 is 2.29 bits per heavy atom. The van der Waals surface area contributed by atoms with Crippen LogP contribution in [0.25, 0.3) is 6.08 Å². The molecule has 1 N–H and O–H groups in total. The van der Waals surface area contributed by atoms with Crippen LogP contribution in [0.4, 0.5) is 4.79 Å². The number of rotatable bonds is 5. The number of ether oxygens (including phenoxy) is 2. The minimum Gasteiger partial charge on any atom is -0.493 e. The number of allylic oxidation sites excluding steroid dienone is 1. The number of fused-ring (bicyclic) bond motifs is 1. The zero-order valence-electron chi connectivity index (χ0n) is 20.6. The molecule has 0 atom stereocenters. The lowest BCUT2D eigenvalue weighted by Gasteiger charge is -2.32. The Kier molecular flexibility index (Phi) is 7.19. The van der Waals surface area contributed by atoms with Crippen molar-refractivity contribution < 1.29 is 14.3 Å². The molecule has 34 heavy (non-hydrogen) atoms. The van der Waals surface area contributed by atoms with Gasteiger partial charge in [-0.2, -0.15) is 10.1 Å². The highest BCUT2D eigenvalue weighted by Crippen LogP contribution is 2.35. The highest BCUT2D eigenvalue weighted by molar-refractivity contribution is 6.16. The summed E-state index contributed by atoms with van der Waals surface area (Å²) in [6.07, 6.45) is 1.94. The smallest absolute Gasteiger partial charge is 0.342 e. The highest BCUT2D eigenvalue weighted by Gasteiger charge is 2.24. The predicted molar refractivity (Wildman–Crippen MR) is 134 cm³/mol. The summed E-state index contributed by atoms with van der Waals surface area (Å²) in [6.45, 7) is 7.13. The van der Waals surface area contributed by atoms with E-state index in [0.717, 1.165) is 49.4 Å². The molecule has 0 bridgehead atoms. The van der Waals surface area contributed by atoms with Crippen LogP contribution in [0.1, 0.15) is 29.2 Å². The number of piperazine rings is 1. The molecule has 0 aromatic heterocycles. The summed E-state index contributed by atoms with van der Waals surface area (Å²) in [5.41, 5.74) is 5.35. The third-order valence-corrected chi connectivity index (χ3v) is 6.34. The van der Waals surface area contributed by atoms with Crippen molar-refractivity contribution >= 4 is 17.8 Å². The fourth-order valence-electron chi connectivity index (χ4n) is 4.30. The predicted octanol–water partition coefficient (Wildman–Crippen LogP) is 3.22. The Balaban J connectivity index is 1.72. The number of nitrogens with one attached hydrogen (secondary N) is 1. The summed E-state index contributed by atoms with van der Waals surface area (Å²) in [5.74, 6) is 1.24. The van der Waals surface area contributed by atoms with Crippen molar-refractivity contribution in [3.05, 3.63) is 64.3 Å². The molecule has 2 aromatic rings. The number of methoxy groups -OCH3 is 2. The van der Waals surface area contributed by atoms with Crippen LogP contribution in [0.2, 0.25) is 0 Å². The molecule has 2 aliphatic heterocycles. The number of urea groups is 1. The zero-order valence-corrected chi connectivity index (χ0v) is 20.6. The third-order valence-electron chi connectivity index (χ3n) is 6.34. The van der Waals surface area contributed by atoms with Crippen LogP contribution in [0, 0.1) is 0 Å². The van der Waals surface area contributed by atoms with Gasteiger partial charge in [-0.15, -0.1) is 0 Å². The fourth-order valence-corrected chi connectivity index (χ4v) is 4.30. The van der Waals surface area contributed by atoms with Gasteiger partial charge < -0.3 is 19.7 Å². The summed E-state index contributed by atoms with van der Waals surface area (Å²) in [5, 5.41) is 8.85. The molecule has 8 nitrogen and oxygen atoms in total. The first-order chi connectivity index (χ1) is 16.4. The number of amides is 2. The van der Waals surface area contributed by atoms with Crippen LogP contribution >= 0.6 is 0 Å². The van der Waals surface area contributed by atoms with E-state index < -0.39 is 0 Å². The van der Waals surface area contributed by atoms with Crippen LogP contribution in [-0.4, -0.2) is 81.0 Å². The summed E-state index contributed by atoms with van der Waals surface area (Å²) in [7, 11) is 6.99. The van der Waals surface area contributed by atoms with Gasteiger partial charge in [-0.3, -0.25) is 4.90 Å². The molecule has 4 rings (SSSR count). The van der Waals surface area contributed by atoms with Gasteiger partial charge in [-0.1, -0.05) is 24.3 Å². The molecule has 1 saturated heterocycles. The number of carbonyl (C=O) groups is 1. The van der Waals surface area contributed by atoms with Gasteiger partial charge in [-0.05, 0) is 43.3 Å². The van der Waals surface area contributed by atoms with Crippen molar-refractivity contribution in [3.63, 3.8) is 0 Å². The molecule has 180 valence electrons. The van der Waals surface area contributed by atoms with E-state index in [4.69, 9.17) is 14.6 Å². The van der Waals surface area contributed by atoms with E-state index in [1.165, 1.54) is 10.6 Å². The third kappa shape index (κ3) is 4.93. The summed E-state index contributed by atoms with van der Waals surface area (Å²) in [6, 6.07) is 12.0. The molecule has 0 spiro atoms. The number of nitrogens with zero attached hydrogens (tertiary/aromatic N) is 4. The molecular weight excluding hydrogens is 430 g/mol. The van der Waals surface area contributed by atoms with Crippen LogP contribution < -0.4 is 14.8 Å². The first kappa shape index (κ1) is 23.8. The lowest BCUT2D eigenvalue weighted by molar-refractivity contribution is 0.148. The molecule has 0 aliphatic carbocycles. The largest absolute Gasteiger partial charge is 0.493 e. The van der Waals surface area contributed by atoms with Crippen molar-refractivity contribution in [2.75, 3.05) is 54.5 Å². The Morgan fingerprint density at radius 2 is 1.68 bits per heavy atom. The van der Waals surface area contributed by atoms with E-state index in [9.17, 15) is 4.79 Å². The molecule has 0 saturated carbocycles. The Labute approximate surface area is 201 Å². The maximum absolute atomic E-state index is 12.6. The van der Waals surface area contributed by atoms with Gasteiger partial charge in [0, 0.05) is 56.6 Å². The van der Waals surface area contributed by atoms with Gasteiger partial charge in [0.15, 0.2) is 11.5 Å². The minimum absolute atomic E-state index is 0.301. The maximum atomic E-state index is 12.6. The van der Waals surface area contributed by atoms with E-state index in [0.29, 0.717) is 22.9 Å². The average Bonchev–Trinajstić information content (AvgIpc) is 3.00. The lowest BCUT2D eigenvalue weighted by atomic mass is 9.95. The number of likely N-dealkylation sites (N-methyl/N-ethyl adjacent to an activating group) is 1. The van der Waals surface area contributed by atoms with Gasteiger partial charge in [0.1, 0.15) is 0 Å². The number of hydrogen-bond donors (Lipinski definition) is 1. The van der Waals surface area contributed by atoms with E-state index in [1.54, 1.807) is 21.3 Å². The van der Waals surface area contributed by atoms with Crippen LogP contribution in [0.15, 0.2) is 47.2 Å². The molecule has 2 aromatic carbocycles. The first-order valence-corrected chi connectivity index (χ1v) is 11.5. The van der Waals surface area contributed by atoms with Gasteiger partial charge in [0.25, 0.3) is 0 Å². The fraction of sp³-hybridized carbons (Fsp3) is 0.385. The highest BCUT2D eigenvalue weighted by atomic mass is 16.5. The van der Waals surface area contributed by atoms with Crippen molar-refractivity contribution in [2.24, 2.45) is 5.10 Å². The van der Waals surface area contributed by atoms with Gasteiger partial charge in [0.2, 0.25) is 0 Å². The van der Waals surface area contributed by atoms with Crippen molar-refractivity contribution in [1.29, 1.82) is 0 Å². The normalized spacial score (nSPS) is 16.8. The Morgan fingerprint density at radius 1 is 1.03 bits per heavy atom. The molecule has 0 unspecified atom stereocenters. The lowest BCUT2D eigenvalue weighted by Crippen LogP contribution is -2.43. The van der Waals surface area contributed by atoms with E-state index >= 15 is 0 Å². The Hall–Kier alpha value is -3.36. The number of carbonyl (C=O) groups excluding carboxylic acids is 1. The molecule has 2 amide bonds. The monoisotopic (exact) mass is 463 g/mol. The summed E-state index contributed by atoms with van der Waals surface area (Å²) < 4.78 is 11.1. The molecule has 8 heteroatoms. The summed E-state index contributed by atoms with van der Waals surface area (Å²) in [4.78, 5) is 17.4. The van der Waals surface area contributed by atoms with Gasteiger partial charge in [-0.25, -0.2) is 4.79 Å². The van der Waals surface area contributed by atoms with Gasteiger partial charge >= 0.3 is 6.03 Å². The van der Waals surface area contributed by atoms with Gasteiger partial charge in [0.05, 0.1) is 19.9 Å². The van der Waals surface area contributed by atoms with E-state index in [-0.39, 0.29) is 6.03 Å². The molecule has 0 radical (unpaired) electrons. The standard InChI is InChI=1S/C26H33N5O3/c1-18-14-21-15-23(33-4)24(34-5)16-22(21)25(28-31(18)26(32)27-2)20-8-6-19(7-9-20)17-30-12-10-29(3)11-13-30/h6-9,14-16H,10-13,17H2,1-5H3,(H,27,32). The van der Waals surface area contributed by atoms with Crippen LogP contribution in [0.3, 0.4) is 0 Å². The molecular formula is C26H33N5O3. The van der Waals surface area contributed by atoms with Crippen molar-refractivity contribution in [3.8, 4) is 11.5 Å². The van der Waals surface area contributed by atoms with Crippen molar-refractivity contribution in [1.82, 2.24) is 20.1 Å². The zero-order chi connectivity index (χ0) is 24.2. The molecule has 1 fully saturated rings. The topological polar surface area (TPSA) is 69.6 Å². The second-order valence-corrected chi connectivity index (χ2v) is 8.67. The van der Waals surface area contributed by atoms with E-state index in [1.807, 2.05) is 25.1 Å².